The van der Waals surface area contributed by atoms with Gasteiger partial charge in [-0.3, -0.25) is 0 Å². The molecule has 7 rings (SSSR count). The summed E-state index contributed by atoms with van der Waals surface area (Å²) in [6.45, 7) is 0. The zero-order valence-electron chi connectivity index (χ0n) is 16.5. The van der Waals surface area contributed by atoms with Gasteiger partial charge < -0.3 is 4.90 Å². The normalized spacial score (nSPS) is 14.6. The minimum absolute atomic E-state index is 1.04. The molecule has 3 aliphatic rings. The van der Waals surface area contributed by atoms with Crippen molar-refractivity contribution in [2.24, 2.45) is 0 Å². The molecule has 4 aromatic carbocycles. The van der Waals surface area contributed by atoms with Crippen molar-refractivity contribution in [3.05, 3.63) is 106 Å². The van der Waals surface area contributed by atoms with E-state index in [1.165, 1.54) is 67.0 Å². The Bertz CT molecular complexity index is 1340. The van der Waals surface area contributed by atoms with E-state index in [9.17, 15) is 0 Å². The Balaban J connectivity index is 1.41. The third-order valence-electron chi connectivity index (χ3n) is 7.19. The van der Waals surface area contributed by atoms with Crippen molar-refractivity contribution < 1.29 is 0 Å². The van der Waals surface area contributed by atoms with Crippen LogP contribution >= 0.6 is 0 Å². The molecule has 1 heteroatoms. The van der Waals surface area contributed by atoms with Gasteiger partial charge in [0, 0.05) is 31.3 Å². The van der Waals surface area contributed by atoms with Crippen LogP contribution in [0.4, 0.5) is 11.4 Å². The summed E-state index contributed by atoms with van der Waals surface area (Å²) in [4.78, 5) is 2.46. The van der Waals surface area contributed by atoms with E-state index in [-0.39, 0.29) is 0 Å². The van der Waals surface area contributed by atoms with Crippen LogP contribution in [0.25, 0.3) is 22.3 Å². The van der Waals surface area contributed by atoms with Crippen molar-refractivity contribution in [3.8, 4) is 22.3 Å². The fraction of sp³-hybridized carbons (Fsp3) is 0.143. The first-order valence-electron chi connectivity index (χ1n) is 10.5. The van der Waals surface area contributed by atoms with E-state index < -0.39 is 0 Å². The lowest BCUT2D eigenvalue weighted by Gasteiger charge is -2.33. The van der Waals surface area contributed by atoms with E-state index in [2.05, 4.69) is 84.7 Å². The van der Waals surface area contributed by atoms with Gasteiger partial charge in [0.2, 0.25) is 0 Å². The number of rotatable bonds is 0. The number of hydrogen-bond acceptors (Lipinski definition) is 1. The number of benzene rings is 4. The van der Waals surface area contributed by atoms with Crippen molar-refractivity contribution in [3.63, 3.8) is 0 Å². The van der Waals surface area contributed by atoms with Crippen molar-refractivity contribution >= 4 is 11.4 Å². The molecular weight excluding hydrogens is 350 g/mol. The number of nitrogens with zero attached hydrogens (tertiary/aromatic N) is 1. The van der Waals surface area contributed by atoms with Crippen molar-refractivity contribution in [1.29, 1.82) is 0 Å². The molecule has 0 radical (unpaired) electrons. The zero-order chi connectivity index (χ0) is 19.1. The first-order valence-corrected chi connectivity index (χ1v) is 10.5. The molecule has 0 atom stereocenters. The zero-order valence-corrected chi connectivity index (χ0v) is 16.5. The Morgan fingerprint density at radius 3 is 1.86 bits per heavy atom. The maximum Gasteiger partial charge on any atom is 0.0486 e. The molecule has 1 nitrogen and oxygen atoms in total. The summed E-state index contributed by atoms with van der Waals surface area (Å²) < 4.78 is 0. The van der Waals surface area contributed by atoms with Gasteiger partial charge >= 0.3 is 0 Å². The smallest absolute Gasteiger partial charge is 0.0486 e. The molecule has 0 fully saturated rings. The largest absolute Gasteiger partial charge is 0.344 e. The van der Waals surface area contributed by atoms with Gasteiger partial charge in [-0.25, -0.2) is 0 Å². The monoisotopic (exact) mass is 371 g/mol. The number of anilines is 2. The van der Waals surface area contributed by atoms with Crippen LogP contribution in [-0.2, 0) is 19.3 Å². The van der Waals surface area contributed by atoms with E-state index in [4.69, 9.17) is 0 Å². The van der Waals surface area contributed by atoms with Crippen LogP contribution in [-0.4, -0.2) is 7.05 Å². The van der Waals surface area contributed by atoms with Crippen molar-refractivity contribution in [2.45, 2.75) is 19.3 Å². The molecule has 0 saturated carbocycles. The van der Waals surface area contributed by atoms with Crippen LogP contribution in [0.3, 0.4) is 0 Å². The molecule has 0 unspecified atom stereocenters. The first-order chi connectivity index (χ1) is 14.3. The summed E-state index contributed by atoms with van der Waals surface area (Å²) >= 11 is 0. The Labute approximate surface area is 171 Å². The van der Waals surface area contributed by atoms with E-state index in [0.717, 1.165) is 19.3 Å². The van der Waals surface area contributed by atoms with Gasteiger partial charge in [0.05, 0.1) is 0 Å². The lowest BCUT2D eigenvalue weighted by atomic mass is 9.87. The Morgan fingerprint density at radius 1 is 0.517 bits per heavy atom. The fourth-order valence-corrected chi connectivity index (χ4v) is 5.89. The van der Waals surface area contributed by atoms with Gasteiger partial charge in [0.1, 0.15) is 0 Å². The quantitative estimate of drug-likeness (QED) is 0.294. The molecule has 0 amide bonds. The van der Waals surface area contributed by atoms with Gasteiger partial charge in [0.25, 0.3) is 0 Å². The molecule has 1 aliphatic heterocycles. The second-order valence-corrected chi connectivity index (χ2v) is 8.59. The standard InChI is InChI=1S/C28H21N/c1-29-27-13-12-22-20-8-4-2-6-17(20)14-24(22)25(27)16-19-10-11-23-21-9-5-3-7-18(21)15-26(23)28(19)29/h2-13H,14-16H2,1H3. The van der Waals surface area contributed by atoms with Crippen LogP contribution in [0.15, 0.2) is 72.8 Å². The predicted molar refractivity (Wildman–Crippen MR) is 120 cm³/mol. The van der Waals surface area contributed by atoms with Crippen molar-refractivity contribution in [2.75, 3.05) is 11.9 Å². The number of fused-ring (bicyclic) bond motifs is 10. The molecule has 0 spiro atoms. The fourth-order valence-electron chi connectivity index (χ4n) is 5.89. The van der Waals surface area contributed by atoms with Crippen LogP contribution < -0.4 is 4.90 Å². The van der Waals surface area contributed by atoms with E-state index in [1.807, 2.05) is 0 Å². The van der Waals surface area contributed by atoms with Gasteiger partial charge in [0.15, 0.2) is 0 Å². The van der Waals surface area contributed by atoms with Crippen LogP contribution in [0.5, 0.6) is 0 Å². The molecule has 138 valence electrons. The number of hydrogen-bond donors (Lipinski definition) is 0. The molecule has 0 bridgehead atoms. The topological polar surface area (TPSA) is 3.24 Å². The predicted octanol–water partition coefficient (Wildman–Crippen LogP) is 6.50. The van der Waals surface area contributed by atoms with Crippen LogP contribution in [0.1, 0.15) is 33.4 Å². The molecule has 0 saturated heterocycles. The van der Waals surface area contributed by atoms with E-state index >= 15 is 0 Å². The van der Waals surface area contributed by atoms with E-state index in [1.54, 1.807) is 0 Å². The summed E-state index contributed by atoms with van der Waals surface area (Å²) in [7, 11) is 2.26. The van der Waals surface area contributed by atoms with Gasteiger partial charge in [-0.05, 0) is 68.1 Å². The molecular formula is C28H21N. The maximum absolute atomic E-state index is 2.46. The highest BCUT2D eigenvalue weighted by molar-refractivity contribution is 5.90. The minimum atomic E-state index is 1.04. The third-order valence-corrected chi connectivity index (χ3v) is 7.19. The lowest BCUT2D eigenvalue weighted by Crippen LogP contribution is -2.21. The molecule has 0 N–H and O–H groups in total. The van der Waals surface area contributed by atoms with E-state index in [0.29, 0.717) is 0 Å². The summed E-state index contributed by atoms with van der Waals surface area (Å²) in [6.07, 6.45) is 3.15. The molecule has 4 aromatic rings. The average Bonchev–Trinajstić information content (AvgIpc) is 3.32. The van der Waals surface area contributed by atoms with Crippen LogP contribution in [0, 0.1) is 0 Å². The SMILES string of the molecule is CN1c2ccc3c(c2Cc2ccc4c(c21)Cc1ccccc1-4)Cc1ccccc1-3. The highest BCUT2D eigenvalue weighted by Gasteiger charge is 2.31. The Morgan fingerprint density at radius 2 is 1.10 bits per heavy atom. The lowest BCUT2D eigenvalue weighted by molar-refractivity contribution is 1.01. The highest BCUT2D eigenvalue weighted by Crippen LogP contribution is 2.50. The van der Waals surface area contributed by atoms with Gasteiger partial charge in [-0.1, -0.05) is 66.7 Å². The van der Waals surface area contributed by atoms with Crippen molar-refractivity contribution in [1.82, 2.24) is 0 Å². The molecule has 29 heavy (non-hydrogen) atoms. The summed E-state index contributed by atoms with van der Waals surface area (Å²) in [5.74, 6) is 0. The Kier molecular flexibility index (Phi) is 2.90. The second kappa shape index (κ2) is 5.39. The van der Waals surface area contributed by atoms with Crippen LogP contribution in [0.2, 0.25) is 0 Å². The third kappa shape index (κ3) is 1.95. The summed E-state index contributed by atoms with van der Waals surface area (Å²) in [5.41, 5.74) is 17.4. The average molecular weight is 371 g/mol. The minimum Gasteiger partial charge on any atom is -0.344 e. The highest BCUT2D eigenvalue weighted by atomic mass is 15.1. The first kappa shape index (κ1) is 15.6. The summed E-state index contributed by atoms with van der Waals surface area (Å²) in [5, 5.41) is 0. The summed E-state index contributed by atoms with van der Waals surface area (Å²) in [6, 6.07) is 27.2. The molecule has 1 heterocycles. The Hall–Kier alpha value is -3.32. The second-order valence-electron chi connectivity index (χ2n) is 8.59. The molecule has 2 aliphatic carbocycles. The van der Waals surface area contributed by atoms with Gasteiger partial charge in [-0.2, -0.15) is 0 Å². The molecule has 0 aromatic heterocycles. The maximum atomic E-state index is 2.46. The van der Waals surface area contributed by atoms with Gasteiger partial charge in [-0.15, -0.1) is 0 Å².